The van der Waals surface area contributed by atoms with Gasteiger partial charge < -0.3 is 10.6 Å². The van der Waals surface area contributed by atoms with Crippen molar-refractivity contribution in [2.45, 2.75) is 77.4 Å². The molecule has 1 aliphatic heterocycles. The first-order valence-electron chi connectivity index (χ1n) is 7.60. The molecule has 0 bridgehead atoms. The summed E-state index contributed by atoms with van der Waals surface area (Å²) >= 11 is 0. The number of likely N-dealkylation sites (tertiary alicyclic amines) is 1. The number of hydrogen-bond donors (Lipinski definition) is 1. The molecule has 3 nitrogen and oxygen atoms in total. The van der Waals surface area contributed by atoms with Gasteiger partial charge in [0.15, 0.2) is 0 Å². The number of nitrogens with two attached hydrogens (primary N) is 1. The molecule has 1 amide bonds. The molecule has 0 aromatic rings. The zero-order valence-electron chi connectivity index (χ0n) is 12.1. The van der Waals surface area contributed by atoms with Gasteiger partial charge in [-0.05, 0) is 51.9 Å². The van der Waals surface area contributed by atoms with Gasteiger partial charge in [-0.25, -0.2) is 0 Å². The Kier molecular flexibility index (Phi) is 4.31. The number of carbonyl (C=O) groups excluding carboxylic acids is 1. The molecule has 1 saturated carbocycles. The van der Waals surface area contributed by atoms with E-state index in [4.69, 9.17) is 5.73 Å². The molecule has 0 aromatic carbocycles. The molecule has 2 aliphatic rings. The van der Waals surface area contributed by atoms with Crippen LogP contribution >= 0.6 is 0 Å². The standard InChI is InChI=1S/C15H28N2O/c1-10-6-4-9-13(16)14(10)15(18)17-11(2)7-5-8-12(17)3/h10-14H,4-9,16H2,1-3H3. The fourth-order valence-corrected chi connectivity index (χ4v) is 3.91. The maximum absolute atomic E-state index is 12.8. The Morgan fingerprint density at radius 3 is 2.11 bits per heavy atom. The molecule has 0 radical (unpaired) electrons. The van der Waals surface area contributed by atoms with Crippen LogP contribution in [0.25, 0.3) is 0 Å². The second-order valence-electron chi connectivity index (χ2n) is 6.47. The molecular weight excluding hydrogens is 224 g/mol. The van der Waals surface area contributed by atoms with E-state index in [1.165, 1.54) is 12.8 Å². The zero-order valence-corrected chi connectivity index (χ0v) is 12.1. The van der Waals surface area contributed by atoms with Gasteiger partial charge in [-0.15, -0.1) is 0 Å². The molecule has 2 fully saturated rings. The SMILES string of the molecule is CC1CCCC(N)C1C(=O)N1C(C)CCCC1C. The third-order valence-electron chi connectivity index (χ3n) is 5.00. The monoisotopic (exact) mass is 252 g/mol. The minimum atomic E-state index is 0.0572. The van der Waals surface area contributed by atoms with E-state index in [0.717, 1.165) is 25.7 Å². The van der Waals surface area contributed by atoms with Gasteiger partial charge in [0.05, 0.1) is 5.92 Å². The van der Waals surface area contributed by atoms with Crippen molar-refractivity contribution in [1.82, 2.24) is 4.90 Å². The normalized spacial score (nSPS) is 41.8. The maximum Gasteiger partial charge on any atom is 0.227 e. The van der Waals surface area contributed by atoms with E-state index in [2.05, 4.69) is 25.7 Å². The summed E-state index contributed by atoms with van der Waals surface area (Å²) in [6, 6.07) is 0.854. The summed E-state index contributed by atoms with van der Waals surface area (Å²) in [7, 11) is 0. The lowest BCUT2D eigenvalue weighted by Gasteiger charge is -2.44. The molecule has 2 rings (SSSR count). The van der Waals surface area contributed by atoms with Gasteiger partial charge in [-0.2, -0.15) is 0 Å². The Bertz CT molecular complexity index is 257. The summed E-state index contributed by atoms with van der Waals surface area (Å²) in [5, 5.41) is 0. The van der Waals surface area contributed by atoms with Crippen molar-refractivity contribution >= 4 is 5.91 Å². The van der Waals surface area contributed by atoms with Crippen LogP contribution < -0.4 is 5.73 Å². The fraction of sp³-hybridized carbons (Fsp3) is 0.933. The van der Waals surface area contributed by atoms with Crippen LogP contribution in [0, 0.1) is 11.8 Å². The second kappa shape index (κ2) is 5.60. The van der Waals surface area contributed by atoms with Gasteiger partial charge in [-0.1, -0.05) is 13.3 Å². The molecule has 18 heavy (non-hydrogen) atoms. The predicted octanol–water partition coefficient (Wildman–Crippen LogP) is 2.54. The number of nitrogens with zero attached hydrogens (tertiary/aromatic N) is 1. The Morgan fingerprint density at radius 1 is 1.00 bits per heavy atom. The average Bonchev–Trinajstić information content (AvgIpc) is 2.28. The molecule has 5 atom stereocenters. The Morgan fingerprint density at radius 2 is 1.56 bits per heavy atom. The van der Waals surface area contributed by atoms with E-state index in [9.17, 15) is 4.79 Å². The number of carbonyl (C=O) groups is 1. The number of hydrogen-bond acceptors (Lipinski definition) is 2. The molecule has 5 unspecified atom stereocenters. The highest BCUT2D eigenvalue weighted by atomic mass is 16.2. The molecule has 1 aliphatic carbocycles. The van der Waals surface area contributed by atoms with E-state index in [-0.39, 0.29) is 12.0 Å². The zero-order chi connectivity index (χ0) is 13.3. The molecule has 0 spiro atoms. The van der Waals surface area contributed by atoms with Crippen molar-refractivity contribution in [2.75, 3.05) is 0 Å². The van der Waals surface area contributed by atoms with Crippen LogP contribution in [0.1, 0.15) is 59.3 Å². The summed E-state index contributed by atoms with van der Waals surface area (Å²) in [5.41, 5.74) is 6.22. The van der Waals surface area contributed by atoms with Crippen LogP contribution in [0.3, 0.4) is 0 Å². The Labute approximate surface area is 111 Å². The minimum Gasteiger partial charge on any atom is -0.337 e. The summed E-state index contributed by atoms with van der Waals surface area (Å²) in [6.07, 6.45) is 6.88. The minimum absolute atomic E-state index is 0.0572. The van der Waals surface area contributed by atoms with Crippen molar-refractivity contribution in [3.8, 4) is 0 Å². The third-order valence-corrected chi connectivity index (χ3v) is 5.00. The second-order valence-corrected chi connectivity index (χ2v) is 6.47. The van der Waals surface area contributed by atoms with Gasteiger partial charge in [0.2, 0.25) is 5.91 Å². The number of piperidine rings is 1. The number of amides is 1. The molecule has 1 saturated heterocycles. The number of rotatable bonds is 1. The van der Waals surface area contributed by atoms with Crippen molar-refractivity contribution in [2.24, 2.45) is 17.6 Å². The first-order chi connectivity index (χ1) is 8.52. The van der Waals surface area contributed by atoms with Gasteiger partial charge in [-0.3, -0.25) is 4.79 Å². The summed E-state index contributed by atoms with van der Waals surface area (Å²) in [5.74, 6) is 0.832. The highest BCUT2D eigenvalue weighted by Crippen LogP contribution is 2.33. The molecule has 2 N–H and O–H groups in total. The first-order valence-corrected chi connectivity index (χ1v) is 7.60. The summed E-state index contributed by atoms with van der Waals surface area (Å²) in [4.78, 5) is 15.0. The third kappa shape index (κ3) is 2.56. The van der Waals surface area contributed by atoms with E-state index >= 15 is 0 Å². The van der Waals surface area contributed by atoms with E-state index < -0.39 is 0 Å². The highest BCUT2D eigenvalue weighted by Gasteiger charge is 2.40. The van der Waals surface area contributed by atoms with Crippen LogP contribution in [0.15, 0.2) is 0 Å². The lowest BCUT2D eigenvalue weighted by Crippen LogP contribution is -2.55. The van der Waals surface area contributed by atoms with Gasteiger partial charge in [0.1, 0.15) is 0 Å². The van der Waals surface area contributed by atoms with E-state index in [0.29, 0.717) is 23.9 Å². The van der Waals surface area contributed by atoms with Crippen molar-refractivity contribution < 1.29 is 4.79 Å². The lowest BCUT2D eigenvalue weighted by atomic mass is 9.75. The topological polar surface area (TPSA) is 46.3 Å². The van der Waals surface area contributed by atoms with Crippen molar-refractivity contribution in [3.63, 3.8) is 0 Å². The summed E-state index contributed by atoms with van der Waals surface area (Å²) < 4.78 is 0. The van der Waals surface area contributed by atoms with E-state index in [1.54, 1.807) is 0 Å². The molecular formula is C15H28N2O. The van der Waals surface area contributed by atoms with Gasteiger partial charge in [0, 0.05) is 18.1 Å². The smallest absolute Gasteiger partial charge is 0.227 e. The van der Waals surface area contributed by atoms with Gasteiger partial charge in [0.25, 0.3) is 0 Å². The van der Waals surface area contributed by atoms with Crippen LogP contribution in [0.4, 0.5) is 0 Å². The quantitative estimate of drug-likeness (QED) is 0.779. The van der Waals surface area contributed by atoms with Crippen LogP contribution in [-0.2, 0) is 4.79 Å². The van der Waals surface area contributed by atoms with Crippen LogP contribution in [0.5, 0.6) is 0 Å². The largest absolute Gasteiger partial charge is 0.337 e. The van der Waals surface area contributed by atoms with Crippen LogP contribution in [0.2, 0.25) is 0 Å². The predicted molar refractivity (Wildman–Crippen MR) is 74.1 cm³/mol. The molecule has 1 heterocycles. The highest BCUT2D eigenvalue weighted by molar-refractivity contribution is 5.80. The lowest BCUT2D eigenvalue weighted by molar-refractivity contribution is -0.145. The Hall–Kier alpha value is -0.570. The first kappa shape index (κ1) is 13.9. The van der Waals surface area contributed by atoms with Crippen molar-refractivity contribution in [1.29, 1.82) is 0 Å². The van der Waals surface area contributed by atoms with Crippen molar-refractivity contribution in [3.05, 3.63) is 0 Å². The summed E-state index contributed by atoms with van der Waals surface area (Å²) in [6.45, 7) is 6.57. The molecule has 104 valence electrons. The van der Waals surface area contributed by atoms with E-state index in [1.807, 2.05) is 0 Å². The Balaban J connectivity index is 2.13. The average molecular weight is 252 g/mol. The maximum atomic E-state index is 12.8. The molecule has 3 heteroatoms. The molecule has 0 aromatic heterocycles. The fourth-order valence-electron chi connectivity index (χ4n) is 3.91. The van der Waals surface area contributed by atoms with Crippen LogP contribution in [-0.4, -0.2) is 28.9 Å². The van der Waals surface area contributed by atoms with Gasteiger partial charge >= 0.3 is 0 Å².